The predicted molar refractivity (Wildman–Crippen MR) is 115 cm³/mol. The highest BCUT2D eigenvalue weighted by Crippen LogP contribution is 2.40. The standard InChI is InChI=1S/C22H19BrN4O3/c1-2-29-19(28)10-12-3-6-15-16-9-13(4-7-17(16)25-20(12)15)21-26-22(30-27-21)18-8-5-14(23)11-24-18/h4-5,7-9,11-12,25H,2-3,6,10H2,1H3. The first-order valence-corrected chi connectivity index (χ1v) is 10.7. The van der Waals surface area contributed by atoms with Crippen LogP contribution in [0.25, 0.3) is 33.9 Å². The van der Waals surface area contributed by atoms with Crippen LogP contribution in [0.1, 0.15) is 36.9 Å². The average Bonchev–Trinajstić information content (AvgIpc) is 3.45. The molecular weight excluding hydrogens is 448 g/mol. The van der Waals surface area contributed by atoms with E-state index in [1.54, 1.807) is 6.20 Å². The summed E-state index contributed by atoms with van der Waals surface area (Å²) in [6.07, 6.45) is 3.99. The van der Waals surface area contributed by atoms with Crippen molar-refractivity contribution in [1.29, 1.82) is 0 Å². The number of nitrogens with one attached hydrogen (secondary N) is 1. The van der Waals surface area contributed by atoms with Gasteiger partial charge in [0.1, 0.15) is 5.69 Å². The Morgan fingerprint density at radius 3 is 3.03 bits per heavy atom. The number of H-pyrrole nitrogens is 1. The van der Waals surface area contributed by atoms with Crippen molar-refractivity contribution in [2.75, 3.05) is 6.61 Å². The number of benzene rings is 1. The SMILES string of the molecule is CCOC(=O)CC1CCc2c1[nH]c1ccc(-c3noc(-c4ccc(Br)cn4)n3)cc21. The van der Waals surface area contributed by atoms with Gasteiger partial charge in [-0.25, -0.2) is 4.98 Å². The third-order valence-corrected chi connectivity index (χ3v) is 5.91. The Kier molecular flexibility index (Phi) is 4.86. The van der Waals surface area contributed by atoms with E-state index in [1.807, 2.05) is 31.2 Å². The van der Waals surface area contributed by atoms with Crippen molar-refractivity contribution in [3.8, 4) is 23.0 Å². The fourth-order valence-corrected chi connectivity index (χ4v) is 4.30. The summed E-state index contributed by atoms with van der Waals surface area (Å²) in [4.78, 5) is 24.2. The lowest BCUT2D eigenvalue weighted by Crippen LogP contribution is -2.08. The van der Waals surface area contributed by atoms with E-state index in [4.69, 9.17) is 9.26 Å². The highest BCUT2D eigenvalue weighted by molar-refractivity contribution is 9.10. The summed E-state index contributed by atoms with van der Waals surface area (Å²) in [6, 6.07) is 9.79. The molecule has 8 heteroatoms. The van der Waals surface area contributed by atoms with Gasteiger partial charge in [-0.15, -0.1) is 0 Å². The zero-order chi connectivity index (χ0) is 20.7. The lowest BCUT2D eigenvalue weighted by Gasteiger charge is -2.08. The Morgan fingerprint density at radius 2 is 2.23 bits per heavy atom. The van der Waals surface area contributed by atoms with Crippen LogP contribution in [0.2, 0.25) is 0 Å². The monoisotopic (exact) mass is 466 g/mol. The Bertz CT molecular complexity index is 1230. The Morgan fingerprint density at radius 1 is 1.33 bits per heavy atom. The molecule has 0 fully saturated rings. The second-order valence-corrected chi connectivity index (χ2v) is 8.22. The van der Waals surface area contributed by atoms with Gasteiger partial charge >= 0.3 is 5.97 Å². The zero-order valence-electron chi connectivity index (χ0n) is 16.3. The lowest BCUT2D eigenvalue weighted by molar-refractivity contribution is -0.143. The van der Waals surface area contributed by atoms with Crippen LogP contribution in [-0.4, -0.2) is 32.7 Å². The highest BCUT2D eigenvalue weighted by Gasteiger charge is 2.29. The second kappa shape index (κ2) is 7.68. The molecule has 0 amide bonds. The largest absolute Gasteiger partial charge is 0.466 e. The van der Waals surface area contributed by atoms with Crippen LogP contribution in [0.15, 0.2) is 45.5 Å². The van der Waals surface area contributed by atoms with Crippen LogP contribution in [0.3, 0.4) is 0 Å². The van der Waals surface area contributed by atoms with Crippen LogP contribution in [-0.2, 0) is 16.0 Å². The van der Waals surface area contributed by atoms with E-state index in [1.165, 1.54) is 5.56 Å². The molecule has 1 aliphatic carbocycles. The number of esters is 1. The molecule has 0 aliphatic heterocycles. The number of pyridine rings is 1. The third kappa shape index (κ3) is 3.41. The Labute approximate surface area is 181 Å². The molecule has 0 saturated heterocycles. The quantitative estimate of drug-likeness (QED) is 0.414. The van der Waals surface area contributed by atoms with Gasteiger partial charge < -0.3 is 14.2 Å². The molecule has 0 spiro atoms. The summed E-state index contributed by atoms with van der Waals surface area (Å²) in [7, 11) is 0. The minimum atomic E-state index is -0.143. The molecule has 1 atom stereocenters. The number of rotatable bonds is 5. The summed E-state index contributed by atoms with van der Waals surface area (Å²) in [5.41, 5.74) is 4.96. The highest BCUT2D eigenvalue weighted by atomic mass is 79.9. The van der Waals surface area contributed by atoms with Gasteiger partial charge in [-0.3, -0.25) is 4.79 Å². The van der Waals surface area contributed by atoms with Gasteiger partial charge in [0, 0.05) is 38.7 Å². The number of aryl methyl sites for hydroxylation is 1. The maximum atomic E-state index is 11.9. The molecule has 1 aromatic carbocycles. The molecule has 0 radical (unpaired) electrons. The number of aromatic nitrogens is 4. The Hall–Kier alpha value is -3.00. The topological polar surface area (TPSA) is 93.9 Å². The lowest BCUT2D eigenvalue weighted by atomic mass is 10.0. The summed E-state index contributed by atoms with van der Waals surface area (Å²) in [5, 5.41) is 5.28. The van der Waals surface area contributed by atoms with Gasteiger partial charge in [0.2, 0.25) is 5.82 Å². The minimum absolute atomic E-state index is 0.143. The van der Waals surface area contributed by atoms with Crippen molar-refractivity contribution in [1.82, 2.24) is 20.1 Å². The van der Waals surface area contributed by atoms with E-state index in [-0.39, 0.29) is 11.9 Å². The van der Waals surface area contributed by atoms with Gasteiger partial charge in [0.15, 0.2) is 0 Å². The van der Waals surface area contributed by atoms with E-state index in [9.17, 15) is 4.79 Å². The molecule has 1 N–H and O–H groups in total. The van der Waals surface area contributed by atoms with Crippen LogP contribution in [0.5, 0.6) is 0 Å². The van der Waals surface area contributed by atoms with Gasteiger partial charge in [-0.1, -0.05) is 5.16 Å². The van der Waals surface area contributed by atoms with Crippen LogP contribution >= 0.6 is 15.9 Å². The van der Waals surface area contributed by atoms with Crippen LogP contribution in [0.4, 0.5) is 0 Å². The van der Waals surface area contributed by atoms with Gasteiger partial charge in [-0.2, -0.15) is 4.98 Å². The van der Waals surface area contributed by atoms with Crippen molar-refractivity contribution >= 4 is 32.8 Å². The number of ether oxygens (including phenoxy) is 1. The van der Waals surface area contributed by atoms with Crippen LogP contribution < -0.4 is 0 Å². The maximum Gasteiger partial charge on any atom is 0.306 e. The van der Waals surface area contributed by atoms with Gasteiger partial charge in [0.05, 0.1) is 13.0 Å². The Balaban J connectivity index is 1.45. The molecule has 152 valence electrons. The molecule has 0 bridgehead atoms. The van der Waals surface area contributed by atoms with Gasteiger partial charge in [0.25, 0.3) is 5.89 Å². The molecule has 5 rings (SSSR count). The normalized spacial score (nSPS) is 15.5. The zero-order valence-corrected chi connectivity index (χ0v) is 17.9. The minimum Gasteiger partial charge on any atom is -0.466 e. The van der Waals surface area contributed by atoms with Crippen molar-refractivity contribution in [3.63, 3.8) is 0 Å². The molecule has 30 heavy (non-hydrogen) atoms. The number of hydrogen-bond donors (Lipinski definition) is 1. The van der Waals surface area contributed by atoms with Gasteiger partial charge in [-0.05, 0) is 71.6 Å². The first kappa shape index (κ1) is 19.0. The first-order chi connectivity index (χ1) is 14.6. The molecule has 3 heterocycles. The van der Waals surface area contributed by atoms with Crippen molar-refractivity contribution in [3.05, 3.63) is 52.3 Å². The summed E-state index contributed by atoms with van der Waals surface area (Å²) >= 11 is 3.37. The fraction of sp³-hybridized carbons (Fsp3) is 0.273. The third-order valence-electron chi connectivity index (χ3n) is 5.44. The summed E-state index contributed by atoms with van der Waals surface area (Å²) in [6.45, 7) is 2.25. The molecule has 4 aromatic rings. The van der Waals surface area contributed by atoms with E-state index in [2.05, 4.69) is 42.1 Å². The van der Waals surface area contributed by atoms with E-state index >= 15 is 0 Å². The number of carbonyl (C=O) groups is 1. The summed E-state index contributed by atoms with van der Waals surface area (Å²) in [5.74, 6) is 0.935. The number of halogens is 1. The van der Waals surface area contributed by atoms with Crippen molar-refractivity contribution in [2.45, 2.75) is 32.1 Å². The molecule has 0 saturated carbocycles. The second-order valence-electron chi connectivity index (χ2n) is 7.31. The number of nitrogens with zero attached hydrogens (tertiary/aromatic N) is 3. The van der Waals surface area contributed by atoms with E-state index in [0.29, 0.717) is 30.4 Å². The molecular formula is C22H19BrN4O3. The maximum absolute atomic E-state index is 11.9. The summed E-state index contributed by atoms with van der Waals surface area (Å²) < 4.78 is 11.4. The molecule has 7 nitrogen and oxygen atoms in total. The van der Waals surface area contributed by atoms with E-state index in [0.717, 1.165) is 39.5 Å². The average molecular weight is 467 g/mol. The number of fused-ring (bicyclic) bond motifs is 3. The molecule has 1 unspecified atom stereocenters. The smallest absolute Gasteiger partial charge is 0.306 e. The number of hydrogen-bond acceptors (Lipinski definition) is 6. The molecule has 1 aliphatic rings. The first-order valence-electron chi connectivity index (χ1n) is 9.88. The molecule has 3 aromatic heterocycles. The van der Waals surface area contributed by atoms with Crippen LogP contribution in [0, 0.1) is 0 Å². The number of aromatic amines is 1. The fourth-order valence-electron chi connectivity index (χ4n) is 4.06. The van der Waals surface area contributed by atoms with E-state index < -0.39 is 0 Å². The predicted octanol–water partition coefficient (Wildman–Crippen LogP) is 5.03. The van der Waals surface area contributed by atoms with Crippen molar-refractivity contribution in [2.24, 2.45) is 0 Å². The van der Waals surface area contributed by atoms with Crippen molar-refractivity contribution < 1.29 is 14.1 Å². The number of carbonyl (C=O) groups excluding carboxylic acids is 1.